The summed E-state index contributed by atoms with van der Waals surface area (Å²) in [4.78, 5) is 29.5. The summed E-state index contributed by atoms with van der Waals surface area (Å²) in [5.41, 5.74) is 0.636. The van der Waals surface area contributed by atoms with Crippen LogP contribution in [0.4, 0.5) is 18.9 Å². The van der Waals surface area contributed by atoms with Gasteiger partial charge >= 0.3 is 6.18 Å². The van der Waals surface area contributed by atoms with Gasteiger partial charge in [-0.15, -0.1) is 0 Å². The number of aryl methyl sites for hydroxylation is 1. The fraction of sp³-hybridized carbons (Fsp3) is 0.278. The number of rotatable bonds is 13. The van der Waals surface area contributed by atoms with E-state index in [0.717, 1.165) is 23.3 Å². The van der Waals surface area contributed by atoms with Crippen molar-refractivity contribution in [3.8, 4) is 0 Å². The first-order valence-corrected chi connectivity index (χ1v) is 17.2. The summed E-state index contributed by atoms with van der Waals surface area (Å²) in [7, 11) is -4.57. The third-order valence-electron chi connectivity index (χ3n) is 7.86. The number of nitrogens with one attached hydrogen (secondary N) is 1. The molecular weight excluding hydrogens is 663 g/mol. The molecule has 254 valence electrons. The highest BCUT2D eigenvalue weighted by atomic mass is 35.5. The van der Waals surface area contributed by atoms with Gasteiger partial charge < -0.3 is 10.2 Å². The van der Waals surface area contributed by atoms with Gasteiger partial charge in [0.15, 0.2) is 0 Å². The number of nitrogens with zero attached hydrogens (tertiary/aromatic N) is 2. The Hall–Kier alpha value is -4.35. The summed E-state index contributed by atoms with van der Waals surface area (Å²) < 4.78 is 70.3. The largest absolute Gasteiger partial charge is 0.416 e. The first kappa shape index (κ1) is 36.5. The van der Waals surface area contributed by atoms with Gasteiger partial charge in [0.1, 0.15) is 12.6 Å². The Labute approximate surface area is 284 Å². The van der Waals surface area contributed by atoms with Crippen molar-refractivity contribution in [1.29, 1.82) is 0 Å². The van der Waals surface area contributed by atoms with Crippen LogP contribution >= 0.6 is 11.6 Å². The number of hydrogen-bond acceptors (Lipinski definition) is 4. The van der Waals surface area contributed by atoms with Crippen LogP contribution in [0.2, 0.25) is 5.02 Å². The number of hydrogen-bond donors (Lipinski definition) is 1. The van der Waals surface area contributed by atoms with Crippen LogP contribution in [-0.4, -0.2) is 43.8 Å². The first-order valence-electron chi connectivity index (χ1n) is 15.3. The second-order valence-electron chi connectivity index (χ2n) is 11.5. The van der Waals surface area contributed by atoms with E-state index in [4.69, 9.17) is 11.6 Å². The molecule has 0 saturated heterocycles. The van der Waals surface area contributed by atoms with Crippen LogP contribution in [0.1, 0.15) is 42.5 Å². The zero-order chi connectivity index (χ0) is 35.1. The molecule has 12 heteroatoms. The fourth-order valence-corrected chi connectivity index (χ4v) is 6.65. The third-order valence-corrected chi connectivity index (χ3v) is 9.89. The van der Waals surface area contributed by atoms with Gasteiger partial charge in [0.2, 0.25) is 11.8 Å². The predicted octanol–water partition coefficient (Wildman–Crippen LogP) is 7.42. The summed E-state index contributed by atoms with van der Waals surface area (Å²) >= 11 is 6.26. The molecule has 48 heavy (non-hydrogen) atoms. The molecule has 0 aliphatic rings. The number of carbonyl (C=O) groups excluding carboxylic acids is 2. The smallest absolute Gasteiger partial charge is 0.352 e. The molecule has 0 aliphatic carbocycles. The van der Waals surface area contributed by atoms with Gasteiger partial charge in [-0.25, -0.2) is 8.42 Å². The number of alkyl halides is 3. The monoisotopic (exact) mass is 699 g/mol. The Morgan fingerprint density at radius 2 is 1.52 bits per heavy atom. The Morgan fingerprint density at radius 1 is 0.875 bits per heavy atom. The Kier molecular flexibility index (Phi) is 11.9. The molecule has 2 atom stereocenters. The van der Waals surface area contributed by atoms with E-state index in [-0.39, 0.29) is 29.6 Å². The molecule has 0 bridgehead atoms. The molecule has 0 aromatic heterocycles. The van der Waals surface area contributed by atoms with E-state index in [1.807, 2.05) is 32.0 Å². The van der Waals surface area contributed by atoms with E-state index in [9.17, 15) is 31.2 Å². The predicted molar refractivity (Wildman–Crippen MR) is 181 cm³/mol. The number of carbonyl (C=O) groups is 2. The lowest BCUT2D eigenvalue weighted by Gasteiger charge is -2.34. The number of anilines is 1. The Morgan fingerprint density at radius 3 is 2.15 bits per heavy atom. The van der Waals surface area contributed by atoms with Crippen LogP contribution in [-0.2, 0) is 38.8 Å². The van der Waals surface area contributed by atoms with Gasteiger partial charge in [-0.1, -0.05) is 84.8 Å². The van der Waals surface area contributed by atoms with Crippen LogP contribution in [0, 0.1) is 6.92 Å². The molecule has 0 unspecified atom stereocenters. The standard InChI is InChI=1S/C36H37ClF3N3O4S/c1-4-26(3)41-35(45)33(21-27-10-6-5-7-11-27)42(23-28-12-8-14-30(37)20-28)34(44)24-43(31-15-9-13-29(22-31)36(38,39)40)48(46,47)32-18-16-25(2)17-19-32/h5-20,22,26,33H,4,21,23-24H2,1-3H3,(H,41,45)/t26-,33+/m1/s1. The van der Waals surface area contributed by atoms with Gasteiger partial charge in [-0.2, -0.15) is 13.2 Å². The van der Waals surface area contributed by atoms with Crippen LogP contribution in [0.3, 0.4) is 0 Å². The van der Waals surface area contributed by atoms with Crippen molar-refractivity contribution in [2.24, 2.45) is 0 Å². The number of sulfonamides is 1. The molecule has 7 nitrogen and oxygen atoms in total. The maximum Gasteiger partial charge on any atom is 0.416 e. The minimum atomic E-state index is -4.77. The topological polar surface area (TPSA) is 86.8 Å². The van der Waals surface area contributed by atoms with E-state index in [1.165, 1.54) is 23.1 Å². The highest BCUT2D eigenvalue weighted by molar-refractivity contribution is 7.92. The number of amides is 2. The maximum atomic E-state index is 14.5. The highest BCUT2D eigenvalue weighted by Gasteiger charge is 2.36. The van der Waals surface area contributed by atoms with Gasteiger partial charge in [-0.05, 0) is 73.9 Å². The summed E-state index contributed by atoms with van der Waals surface area (Å²) in [5.74, 6) is -1.26. The fourth-order valence-electron chi connectivity index (χ4n) is 5.03. The van der Waals surface area contributed by atoms with E-state index in [2.05, 4.69) is 5.32 Å². The van der Waals surface area contributed by atoms with Gasteiger partial charge in [0.25, 0.3) is 10.0 Å². The molecule has 0 saturated carbocycles. The maximum absolute atomic E-state index is 14.5. The molecule has 0 spiro atoms. The van der Waals surface area contributed by atoms with Crippen molar-refractivity contribution in [2.45, 2.75) is 63.3 Å². The molecule has 4 aromatic rings. The van der Waals surface area contributed by atoms with Crippen LogP contribution in [0.15, 0.2) is 108 Å². The van der Waals surface area contributed by atoms with Crippen molar-refractivity contribution < 1.29 is 31.2 Å². The number of halogens is 4. The lowest BCUT2D eigenvalue weighted by molar-refractivity contribution is -0.140. The molecule has 0 radical (unpaired) electrons. The summed E-state index contributed by atoms with van der Waals surface area (Å²) in [5, 5.41) is 3.32. The highest BCUT2D eigenvalue weighted by Crippen LogP contribution is 2.33. The average molecular weight is 700 g/mol. The summed E-state index contributed by atoms with van der Waals surface area (Å²) in [6.07, 6.45) is -4.07. The second-order valence-corrected chi connectivity index (χ2v) is 13.8. The quantitative estimate of drug-likeness (QED) is 0.157. The van der Waals surface area contributed by atoms with Gasteiger partial charge in [0.05, 0.1) is 16.1 Å². The van der Waals surface area contributed by atoms with E-state index in [0.29, 0.717) is 27.4 Å². The van der Waals surface area contributed by atoms with Crippen molar-refractivity contribution in [1.82, 2.24) is 10.2 Å². The normalized spacial score (nSPS) is 13.0. The molecule has 0 heterocycles. The first-order chi connectivity index (χ1) is 22.7. The molecule has 1 N–H and O–H groups in total. The molecule has 4 aromatic carbocycles. The van der Waals surface area contributed by atoms with Crippen LogP contribution in [0.25, 0.3) is 0 Å². The summed E-state index contributed by atoms with van der Waals surface area (Å²) in [6.45, 7) is 4.46. The molecule has 4 rings (SSSR count). The Bertz CT molecular complexity index is 1820. The second kappa shape index (κ2) is 15.7. The van der Waals surface area contributed by atoms with E-state index in [1.54, 1.807) is 55.5 Å². The number of benzene rings is 4. The average Bonchev–Trinajstić information content (AvgIpc) is 3.05. The molecular formula is C36H37ClF3N3O4S. The molecule has 0 aliphatic heterocycles. The van der Waals surface area contributed by atoms with E-state index >= 15 is 0 Å². The van der Waals surface area contributed by atoms with Gasteiger partial charge in [0, 0.05) is 24.0 Å². The molecule has 0 fully saturated rings. The zero-order valence-corrected chi connectivity index (χ0v) is 28.3. The zero-order valence-electron chi connectivity index (χ0n) is 26.7. The van der Waals surface area contributed by atoms with Crippen molar-refractivity contribution in [2.75, 3.05) is 10.8 Å². The Balaban J connectivity index is 1.85. The van der Waals surface area contributed by atoms with E-state index < -0.39 is 46.2 Å². The van der Waals surface area contributed by atoms with Crippen molar-refractivity contribution >= 4 is 39.1 Å². The van der Waals surface area contributed by atoms with Crippen LogP contribution < -0.4 is 9.62 Å². The third kappa shape index (κ3) is 9.38. The lowest BCUT2D eigenvalue weighted by Crippen LogP contribution is -2.54. The minimum absolute atomic E-state index is 0.0870. The molecule has 2 amide bonds. The minimum Gasteiger partial charge on any atom is -0.352 e. The van der Waals surface area contributed by atoms with Crippen molar-refractivity contribution in [3.05, 3.63) is 130 Å². The van der Waals surface area contributed by atoms with Gasteiger partial charge in [-0.3, -0.25) is 13.9 Å². The van der Waals surface area contributed by atoms with Crippen molar-refractivity contribution in [3.63, 3.8) is 0 Å². The SMILES string of the molecule is CC[C@@H](C)NC(=O)[C@H](Cc1ccccc1)N(Cc1cccc(Cl)c1)C(=O)CN(c1cccc(C(F)(F)F)c1)S(=O)(=O)c1ccc(C)cc1. The van der Waals surface area contributed by atoms with Crippen LogP contribution in [0.5, 0.6) is 0 Å². The summed E-state index contributed by atoms with van der Waals surface area (Å²) in [6, 6.07) is 23.9. The lowest BCUT2D eigenvalue weighted by atomic mass is 10.0.